The van der Waals surface area contributed by atoms with Crippen molar-refractivity contribution < 1.29 is 13.9 Å². The molecule has 1 saturated heterocycles. The van der Waals surface area contributed by atoms with Crippen molar-refractivity contribution in [3.8, 4) is 0 Å². The molecule has 94 valence electrons. The highest BCUT2D eigenvalue weighted by Crippen LogP contribution is 2.26. The van der Waals surface area contributed by atoms with Gasteiger partial charge in [-0.25, -0.2) is 4.39 Å². The molecule has 17 heavy (non-hydrogen) atoms. The molecule has 1 aliphatic rings. The van der Waals surface area contributed by atoms with Gasteiger partial charge in [-0.15, -0.1) is 0 Å². The third-order valence-corrected chi connectivity index (χ3v) is 3.06. The summed E-state index contributed by atoms with van der Waals surface area (Å²) >= 11 is 0. The van der Waals surface area contributed by atoms with Gasteiger partial charge >= 0.3 is 0 Å². The lowest BCUT2D eigenvalue weighted by atomic mass is 9.95. The Kier molecular flexibility index (Phi) is 3.76. The second kappa shape index (κ2) is 5.12. The van der Waals surface area contributed by atoms with E-state index < -0.39 is 6.04 Å². The molecule has 2 rings (SSSR count). The number of rotatable bonds is 2. The molecular weight excluding hydrogens is 221 g/mol. The largest absolute Gasteiger partial charge is 0.376 e. The van der Waals surface area contributed by atoms with Crippen LogP contribution in [0, 0.1) is 19.7 Å². The third kappa shape index (κ3) is 2.65. The van der Waals surface area contributed by atoms with E-state index in [4.69, 9.17) is 15.2 Å². The van der Waals surface area contributed by atoms with E-state index in [0.29, 0.717) is 25.4 Å². The van der Waals surface area contributed by atoms with Crippen LogP contribution in [0.3, 0.4) is 0 Å². The lowest BCUT2D eigenvalue weighted by Gasteiger charge is -2.29. The second-order valence-electron chi connectivity index (χ2n) is 4.49. The minimum Gasteiger partial charge on any atom is -0.376 e. The Morgan fingerprint density at radius 1 is 1.35 bits per heavy atom. The Bertz CT molecular complexity index is 379. The van der Waals surface area contributed by atoms with E-state index in [1.54, 1.807) is 0 Å². The zero-order valence-corrected chi connectivity index (χ0v) is 10.2. The number of nitrogens with two attached hydrogens (primary N) is 1. The number of hydrogen-bond donors (Lipinski definition) is 1. The van der Waals surface area contributed by atoms with Crippen LogP contribution in [0.1, 0.15) is 22.7 Å². The average Bonchev–Trinajstić information content (AvgIpc) is 2.28. The highest BCUT2D eigenvalue weighted by Gasteiger charge is 2.26. The number of hydrogen-bond acceptors (Lipinski definition) is 3. The van der Waals surface area contributed by atoms with Crippen molar-refractivity contribution in [1.29, 1.82) is 0 Å². The van der Waals surface area contributed by atoms with E-state index >= 15 is 0 Å². The smallest absolute Gasteiger partial charge is 0.128 e. The molecule has 1 aromatic rings. The summed E-state index contributed by atoms with van der Waals surface area (Å²) in [7, 11) is 0. The molecule has 1 fully saturated rings. The van der Waals surface area contributed by atoms with Gasteiger partial charge in [0, 0.05) is 5.56 Å². The standard InChI is InChI=1S/C13H18FNO2/c1-8-5-9(2)12(10(14)6-8)13(15)11-7-16-3-4-17-11/h5-6,11,13H,3-4,7,15H2,1-2H3. The molecule has 4 heteroatoms. The maximum absolute atomic E-state index is 13.9. The molecule has 0 aliphatic carbocycles. The van der Waals surface area contributed by atoms with E-state index in [9.17, 15) is 4.39 Å². The fourth-order valence-electron chi connectivity index (χ4n) is 2.25. The van der Waals surface area contributed by atoms with E-state index in [1.807, 2.05) is 19.9 Å². The topological polar surface area (TPSA) is 44.5 Å². The van der Waals surface area contributed by atoms with Crippen molar-refractivity contribution in [2.45, 2.75) is 26.0 Å². The van der Waals surface area contributed by atoms with Gasteiger partial charge in [0.2, 0.25) is 0 Å². The molecule has 0 bridgehead atoms. The van der Waals surface area contributed by atoms with Crippen LogP contribution in [0.2, 0.25) is 0 Å². The van der Waals surface area contributed by atoms with Gasteiger partial charge in [-0.2, -0.15) is 0 Å². The molecule has 1 aliphatic heterocycles. The number of benzene rings is 1. The van der Waals surface area contributed by atoms with Crippen LogP contribution in [-0.4, -0.2) is 25.9 Å². The van der Waals surface area contributed by atoms with E-state index in [1.165, 1.54) is 6.07 Å². The van der Waals surface area contributed by atoms with Crippen LogP contribution in [-0.2, 0) is 9.47 Å². The molecule has 0 radical (unpaired) electrons. The summed E-state index contributed by atoms with van der Waals surface area (Å²) in [5.41, 5.74) is 8.37. The quantitative estimate of drug-likeness (QED) is 0.856. The maximum atomic E-state index is 13.9. The summed E-state index contributed by atoms with van der Waals surface area (Å²) in [5.74, 6) is -0.260. The number of halogens is 1. The highest BCUT2D eigenvalue weighted by atomic mass is 19.1. The molecule has 2 atom stereocenters. The van der Waals surface area contributed by atoms with Crippen molar-refractivity contribution in [1.82, 2.24) is 0 Å². The Morgan fingerprint density at radius 2 is 2.12 bits per heavy atom. The predicted molar refractivity (Wildman–Crippen MR) is 63.4 cm³/mol. The molecule has 0 aromatic heterocycles. The van der Waals surface area contributed by atoms with Crippen LogP contribution < -0.4 is 5.73 Å². The normalized spacial score (nSPS) is 22.5. The van der Waals surface area contributed by atoms with Gasteiger partial charge in [0.25, 0.3) is 0 Å². The summed E-state index contributed by atoms with van der Waals surface area (Å²) in [6.45, 7) is 5.26. The zero-order chi connectivity index (χ0) is 12.4. The van der Waals surface area contributed by atoms with E-state index in [-0.39, 0.29) is 11.9 Å². The first-order valence-corrected chi connectivity index (χ1v) is 5.81. The van der Waals surface area contributed by atoms with E-state index in [2.05, 4.69) is 0 Å². The average molecular weight is 239 g/mol. The fraction of sp³-hybridized carbons (Fsp3) is 0.538. The van der Waals surface area contributed by atoms with Gasteiger partial charge in [-0.1, -0.05) is 6.07 Å². The van der Waals surface area contributed by atoms with Gasteiger partial charge in [0.15, 0.2) is 0 Å². The van der Waals surface area contributed by atoms with Crippen molar-refractivity contribution >= 4 is 0 Å². The molecule has 0 amide bonds. The molecule has 1 heterocycles. The lowest BCUT2D eigenvalue weighted by molar-refractivity contribution is -0.0979. The molecule has 2 unspecified atom stereocenters. The lowest BCUT2D eigenvalue weighted by Crippen LogP contribution is -2.38. The minimum absolute atomic E-state index is 0.260. The molecule has 0 saturated carbocycles. The minimum atomic E-state index is -0.476. The van der Waals surface area contributed by atoms with Gasteiger partial charge in [0.05, 0.1) is 25.9 Å². The summed E-state index contributed by atoms with van der Waals surface area (Å²) in [4.78, 5) is 0. The SMILES string of the molecule is Cc1cc(C)c(C(N)C2COCCO2)c(F)c1. The van der Waals surface area contributed by atoms with Gasteiger partial charge in [0.1, 0.15) is 11.9 Å². The molecule has 0 spiro atoms. The Balaban J connectivity index is 2.26. The van der Waals surface area contributed by atoms with Crippen LogP contribution >= 0.6 is 0 Å². The first-order valence-electron chi connectivity index (χ1n) is 5.81. The van der Waals surface area contributed by atoms with Crippen molar-refractivity contribution in [3.63, 3.8) is 0 Å². The van der Waals surface area contributed by atoms with Gasteiger partial charge < -0.3 is 15.2 Å². The van der Waals surface area contributed by atoms with Crippen LogP contribution in [0.5, 0.6) is 0 Å². The summed E-state index contributed by atoms with van der Waals surface area (Å²) in [6, 6.07) is 2.96. The predicted octanol–water partition coefficient (Wildman–Crippen LogP) is 1.86. The summed E-state index contributed by atoms with van der Waals surface area (Å²) in [6.07, 6.45) is -0.264. The van der Waals surface area contributed by atoms with Gasteiger partial charge in [-0.05, 0) is 31.0 Å². The Morgan fingerprint density at radius 3 is 2.71 bits per heavy atom. The Hall–Kier alpha value is -0.970. The first-order chi connectivity index (χ1) is 8.09. The third-order valence-electron chi connectivity index (χ3n) is 3.06. The van der Waals surface area contributed by atoms with Crippen LogP contribution in [0.15, 0.2) is 12.1 Å². The Labute approximate surface area is 101 Å². The molecule has 1 aromatic carbocycles. The monoisotopic (exact) mass is 239 g/mol. The first kappa shape index (κ1) is 12.5. The van der Waals surface area contributed by atoms with Gasteiger partial charge in [-0.3, -0.25) is 0 Å². The number of ether oxygens (including phenoxy) is 2. The maximum Gasteiger partial charge on any atom is 0.128 e. The fourth-order valence-corrected chi connectivity index (χ4v) is 2.25. The van der Waals surface area contributed by atoms with Crippen molar-refractivity contribution in [2.75, 3.05) is 19.8 Å². The molecule has 3 nitrogen and oxygen atoms in total. The summed E-state index contributed by atoms with van der Waals surface area (Å²) < 4.78 is 24.8. The highest BCUT2D eigenvalue weighted by molar-refractivity contribution is 5.34. The van der Waals surface area contributed by atoms with Crippen molar-refractivity contribution in [2.24, 2.45) is 5.73 Å². The molecule has 2 N–H and O–H groups in total. The zero-order valence-electron chi connectivity index (χ0n) is 10.2. The van der Waals surface area contributed by atoms with Crippen LogP contribution in [0.4, 0.5) is 4.39 Å². The molecular formula is C13H18FNO2. The van der Waals surface area contributed by atoms with E-state index in [0.717, 1.165) is 11.1 Å². The second-order valence-corrected chi connectivity index (χ2v) is 4.49. The van der Waals surface area contributed by atoms with Crippen molar-refractivity contribution in [3.05, 3.63) is 34.6 Å². The summed E-state index contributed by atoms with van der Waals surface area (Å²) in [5, 5.41) is 0. The number of aryl methyl sites for hydroxylation is 2. The van der Waals surface area contributed by atoms with Crippen LogP contribution in [0.25, 0.3) is 0 Å².